The highest BCUT2D eigenvalue weighted by Crippen LogP contribution is 2.15. The number of para-hydroxylation sites is 2. The molecule has 0 radical (unpaired) electrons. The number of rotatable bonds is 4. The first-order valence-electron chi connectivity index (χ1n) is 6.36. The number of amides is 1. The molecule has 5 heteroatoms. The van der Waals surface area contributed by atoms with Gasteiger partial charge in [-0.25, -0.2) is 4.98 Å². The molecule has 1 N–H and O–H groups in total. The van der Waals surface area contributed by atoms with Crippen molar-refractivity contribution in [2.45, 2.75) is 19.4 Å². The number of benzene rings is 1. The maximum absolute atomic E-state index is 11.9. The Hall–Kier alpha value is -2.14. The Labute approximate surface area is 117 Å². The molecule has 0 unspecified atom stereocenters. The Kier molecular flexibility index (Phi) is 3.90. The van der Waals surface area contributed by atoms with Crippen molar-refractivity contribution >= 4 is 23.1 Å². The summed E-state index contributed by atoms with van der Waals surface area (Å²) < 4.78 is 5.48. The number of carbonyl (C=O) groups excluding carboxylic acids is 1. The quantitative estimate of drug-likeness (QED) is 0.867. The Morgan fingerprint density at radius 3 is 2.80 bits per heavy atom. The second-order valence-corrected chi connectivity index (χ2v) is 5.36. The molecule has 0 bridgehead atoms. The Bertz CT molecular complexity index is 605. The highest BCUT2D eigenvalue weighted by Gasteiger charge is 2.17. The third kappa shape index (κ3) is 3.68. The van der Waals surface area contributed by atoms with Crippen LogP contribution in [0.3, 0.4) is 0 Å². The van der Waals surface area contributed by atoms with Crippen molar-refractivity contribution < 1.29 is 14.3 Å². The minimum atomic E-state index is -0.921. The molecule has 0 fully saturated rings. The fourth-order valence-corrected chi connectivity index (χ4v) is 1.89. The van der Waals surface area contributed by atoms with Crippen molar-refractivity contribution in [1.82, 2.24) is 9.88 Å². The van der Waals surface area contributed by atoms with Gasteiger partial charge in [0.15, 0.2) is 5.58 Å². The van der Waals surface area contributed by atoms with Crippen LogP contribution in [-0.2, 0) is 4.79 Å². The van der Waals surface area contributed by atoms with Crippen molar-refractivity contribution in [1.29, 1.82) is 0 Å². The van der Waals surface area contributed by atoms with E-state index in [0.29, 0.717) is 11.5 Å². The maximum atomic E-state index is 11.9. The Morgan fingerprint density at radius 1 is 1.45 bits per heavy atom. The number of fused-ring (bicyclic) bond motifs is 1. The number of likely N-dealkylation sites (N-methyl/N-ethyl adjacent to an activating group) is 1. The first kappa shape index (κ1) is 14.3. The zero-order chi connectivity index (χ0) is 14.8. The lowest BCUT2D eigenvalue weighted by molar-refractivity contribution is -0.127. The molecule has 2 aromatic rings. The van der Waals surface area contributed by atoms with Crippen LogP contribution in [0.15, 0.2) is 34.8 Å². The molecule has 0 atom stereocenters. The number of nitrogens with zero attached hydrogens (tertiary/aromatic N) is 2. The molecule has 5 nitrogen and oxygen atoms in total. The van der Waals surface area contributed by atoms with Crippen LogP contribution < -0.4 is 0 Å². The summed E-state index contributed by atoms with van der Waals surface area (Å²) in [5.41, 5.74) is 0.518. The van der Waals surface area contributed by atoms with E-state index in [-0.39, 0.29) is 12.5 Å². The zero-order valence-electron chi connectivity index (χ0n) is 11.8. The van der Waals surface area contributed by atoms with Gasteiger partial charge in [-0.1, -0.05) is 12.1 Å². The van der Waals surface area contributed by atoms with Gasteiger partial charge in [0.25, 0.3) is 0 Å². The molecule has 2 rings (SSSR count). The Balaban J connectivity index is 2.06. The molecule has 1 heterocycles. The lowest BCUT2D eigenvalue weighted by Gasteiger charge is -2.24. The van der Waals surface area contributed by atoms with E-state index in [1.54, 1.807) is 20.9 Å². The summed E-state index contributed by atoms with van der Waals surface area (Å²) in [6.07, 6.45) is 2.92. The SMILES string of the molecule is CN(CC(C)(C)O)C(=O)/C=C/c1nc2ccccc2o1. The second kappa shape index (κ2) is 5.46. The summed E-state index contributed by atoms with van der Waals surface area (Å²) in [7, 11) is 1.64. The summed E-state index contributed by atoms with van der Waals surface area (Å²) in [5.74, 6) is 0.172. The van der Waals surface area contributed by atoms with E-state index in [1.165, 1.54) is 17.1 Å². The first-order chi connectivity index (χ1) is 9.35. The van der Waals surface area contributed by atoms with Gasteiger partial charge in [-0.2, -0.15) is 0 Å². The summed E-state index contributed by atoms with van der Waals surface area (Å²) in [6.45, 7) is 3.56. The molecule has 1 aromatic heterocycles. The van der Waals surface area contributed by atoms with Crippen LogP contribution in [0.5, 0.6) is 0 Å². The number of aliphatic hydroxyl groups is 1. The predicted molar refractivity (Wildman–Crippen MR) is 77.0 cm³/mol. The van der Waals surface area contributed by atoms with Crippen LogP contribution in [0.2, 0.25) is 0 Å². The van der Waals surface area contributed by atoms with E-state index in [2.05, 4.69) is 4.98 Å². The van der Waals surface area contributed by atoms with Gasteiger partial charge in [0.2, 0.25) is 11.8 Å². The molecule has 106 valence electrons. The summed E-state index contributed by atoms with van der Waals surface area (Å²) in [6, 6.07) is 7.41. The van der Waals surface area contributed by atoms with Gasteiger partial charge in [-0.15, -0.1) is 0 Å². The highest BCUT2D eigenvalue weighted by molar-refractivity contribution is 5.91. The highest BCUT2D eigenvalue weighted by atomic mass is 16.3. The van der Waals surface area contributed by atoms with Crippen molar-refractivity contribution in [3.8, 4) is 0 Å². The largest absolute Gasteiger partial charge is 0.437 e. The molecular weight excluding hydrogens is 256 g/mol. The fourth-order valence-electron chi connectivity index (χ4n) is 1.89. The van der Waals surface area contributed by atoms with Gasteiger partial charge >= 0.3 is 0 Å². The molecule has 0 saturated heterocycles. The lowest BCUT2D eigenvalue weighted by atomic mass is 10.1. The van der Waals surface area contributed by atoms with Gasteiger partial charge in [0.1, 0.15) is 5.52 Å². The fraction of sp³-hybridized carbons (Fsp3) is 0.333. The summed E-state index contributed by atoms with van der Waals surface area (Å²) in [4.78, 5) is 17.6. The zero-order valence-corrected chi connectivity index (χ0v) is 11.8. The minimum Gasteiger partial charge on any atom is -0.437 e. The smallest absolute Gasteiger partial charge is 0.246 e. The van der Waals surface area contributed by atoms with Crippen LogP contribution >= 0.6 is 0 Å². The van der Waals surface area contributed by atoms with E-state index in [4.69, 9.17) is 4.42 Å². The van der Waals surface area contributed by atoms with Crippen LogP contribution in [-0.4, -0.2) is 40.1 Å². The average molecular weight is 274 g/mol. The monoisotopic (exact) mass is 274 g/mol. The van der Waals surface area contributed by atoms with E-state index in [0.717, 1.165) is 5.52 Å². The summed E-state index contributed by atoms with van der Waals surface area (Å²) >= 11 is 0. The standard InChI is InChI=1S/C15H18N2O3/c1-15(2,19)10-17(3)14(18)9-8-13-16-11-6-4-5-7-12(11)20-13/h4-9,19H,10H2,1-3H3/b9-8+. The second-order valence-electron chi connectivity index (χ2n) is 5.36. The number of hydrogen-bond acceptors (Lipinski definition) is 4. The Morgan fingerprint density at radius 2 is 2.15 bits per heavy atom. The summed E-state index contributed by atoms with van der Waals surface area (Å²) in [5, 5.41) is 9.67. The van der Waals surface area contributed by atoms with E-state index in [9.17, 15) is 9.90 Å². The van der Waals surface area contributed by atoms with Crippen LogP contribution in [0.1, 0.15) is 19.7 Å². The van der Waals surface area contributed by atoms with E-state index >= 15 is 0 Å². The third-order valence-corrected chi connectivity index (χ3v) is 2.68. The van der Waals surface area contributed by atoms with Crippen molar-refractivity contribution in [3.63, 3.8) is 0 Å². The van der Waals surface area contributed by atoms with Gasteiger partial charge in [0.05, 0.1) is 5.60 Å². The van der Waals surface area contributed by atoms with E-state index in [1.807, 2.05) is 24.3 Å². The molecule has 1 aromatic carbocycles. The molecule has 0 aliphatic carbocycles. The van der Waals surface area contributed by atoms with Gasteiger partial charge in [0, 0.05) is 25.7 Å². The minimum absolute atomic E-state index is 0.214. The molecule has 0 aliphatic rings. The van der Waals surface area contributed by atoms with Crippen LogP contribution in [0.25, 0.3) is 17.2 Å². The molecule has 0 aliphatic heterocycles. The number of oxazole rings is 1. The number of hydrogen-bond donors (Lipinski definition) is 1. The first-order valence-corrected chi connectivity index (χ1v) is 6.36. The van der Waals surface area contributed by atoms with Crippen molar-refractivity contribution in [2.75, 3.05) is 13.6 Å². The van der Waals surface area contributed by atoms with E-state index < -0.39 is 5.60 Å². The number of carbonyl (C=O) groups is 1. The van der Waals surface area contributed by atoms with Gasteiger partial charge in [-0.05, 0) is 26.0 Å². The van der Waals surface area contributed by atoms with Crippen molar-refractivity contribution in [3.05, 3.63) is 36.2 Å². The van der Waals surface area contributed by atoms with Crippen molar-refractivity contribution in [2.24, 2.45) is 0 Å². The normalized spacial score (nSPS) is 12.2. The predicted octanol–water partition coefficient (Wildman–Crippen LogP) is 2.07. The molecular formula is C15H18N2O3. The van der Waals surface area contributed by atoms with Gasteiger partial charge in [-0.3, -0.25) is 4.79 Å². The van der Waals surface area contributed by atoms with Crippen LogP contribution in [0, 0.1) is 0 Å². The lowest BCUT2D eigenvalue weighted by Crippen LogP contribution is -2.38. The molecule has 20 heavy (non-hydrogen) atoms. The topological polar surface area (TPSA) is 66.6 Å². The molecule has 0 spiro atoms. The maximum Gasteiger partial charge on any atom is 0.246 e. The van der Waals surface area contributed by atoms with Crippen LogP contribution in [0.4, 0.5) is 0 Å². The molecule has 0 saturated carbocycles. The number of aromatic nitrogens is 1. The third-order valence-electron chi connectivity index (χ3n) is 2.68. The average Bonchev–Trinajstić information content (AvgIpc) is 2.76. The van der Waals surface area contributed by atoms with Gasteiger partial charge < -0.3 is 14.4 Å². The molecule has 1 amide bonds.